The number of nitrogens with zero attached hydrogens (tertiary/aromatic N) is 2. The monoisotopic (exact) mass is 230 g/mol. The van der Waals surface area contributed by atoms with Crippen LogP contribution in [-0.4, -0.2) is 11.5 Å². The number of benzene rings is 1. The molecular formula is C12H10N2OS. The van der Waals surface area contributed by atoms with Crippen molar-refractivity contribution < 1.29 is 4.74 Å². The molecule has 80 valence electrons. The van der Waals surface area contributed by atoms with Crippen LogP contribution in [0, 0.1) is 11.3 Å². The number of aromatic nitrogens is 1. The lowest BCUT2D eigenvalue weighted by atomic mass is 10.1. The first-order valence-electron chi connectivity index (χ1n) is 4.80. The second kappa shape index (κ2) is 4.77. The molecule has 16 heavy (non-hydrogen) atoms. The van der Waals surface area contributed by atoms with Crippen LogP contribution >= 0.6 is 11.5 Å². The second-order valence-electron chi connectivity index (χ2n) is 3.27. The molecule has 0 radical (unpaired) electrons. The quantitative estimate of drug-likeness (QED) is 0.814. The van der Waals surface area contributed by atoms with Crippen molar-refractivity contribution in [3.05, 3.63) is 35.2 Å². The van der Waals surface area contributed by atoms with Gasteiger partial charge in [0.15, 0.2) is 0 Å². The third-order valence-electron chi connectivity index (χ3n) is 2.28. The molecule has 0 saturated carbocycles. The Labute approximate surface area is 98.1 Å². The Balaban J connectivity index is 2.32. The van der Waals surface area contributed by atoms with E-state index >= 15 is 0 Å². The number of ether oxygens (including phenoxy) is 1. The first-order valence-corrected chi connectivity index (χ1v) is 5.63. The van der Waals surface area contributed by atoms with Crippen LogP contribution < -0.4 is 4.74 Å². The minimum Gasteiger partial charge on any atom is -0.480 e. The molecule has 0 aliphatic rings. The smallest absolute Gasteiger partial charge is 0.232 e. The van der Waals surface area contributed by atoms with Gasteiger partial charge in [-0.05, 0) is 22.7 Å². The lowest BCUT2D eigenvalue weighted by Crippen LogP contribution is -1.86. The van der Waals surface area contributed by atoms with Crippen molar-refractivity contribution >= 4 is 11.5 Å². The second-order valence-corrected chi connectivity index (χ2v) is 3.90. The van der Waals surface area contributed by atoms with Crippen LogP contribution in [0.15, 0.2) is 29.6 Å². The van der Waals surface area contributed by atoms with E-state index in [0.29, 0.717) is 12.3 Å². The van der Waals surface area contributed by atoms with E-state index in [1.807, 2.05) is 29.6 Å². The minimum absolute atomic E-state index is 0.444. The third kappa shape index (κ3) is 2.05. The van der Waals surface area contributed by atoms with E-state index in [0.717, 1.165) is 16.7 Å². The molecular weight excluding hydrogens is 220 g/mol. The maximum absolute atomic E-state index is 8.58. The first-order chi connectivity index (χ1) is 7.85. The Morgan fingerprint density at radius 1 is 1.38 bits per heavy atom. The Morgan fingerprint density at radius 3 is 2.75 bits per heavy atom. The molecule has 0 bridgehead atoms. The maximum Gasteiger partial charge on any atom is 0.232 e. The highest BCUT2D eigenvalue weighted by atomic mass is 32.1. The van der Waals surface area contributed by atoms with E-state index in [1.54, 1.807) is 7.11 Å². The van der Waals surface area contributed by atoms with Gasteiger partial charge in [0, 0.05) is 5.38 Å². The molecule has 3 nitrogen and oxygen atoms in total. The fraction of sp³-hybridized carbons (Fsp3) is 0.167. The Morgan fingerprint density at radius 2 is 2.12 bits per heavy atom. The first kappa shape index (κ1) is 10.7. The summed E-state index contributed by atoms with van der Waals surface area (Å²) in [6, 6.07) is 10.0. The van der Waals surface area contributed by atoms with Gasteiger partial charge in [0.1, 0.15) is 0 Å². The normalized spacial score (nSPS) is 9.75. The van der Waals surface area contributed by atoms with Crippen LogP contribution in [0.5, 0.6) is 5.88 Å². The predicted molar refractivity (Wildman–Crippen MR) is 63.4 cm³/mol. The average molecular weight is 230 g/mol. The third-order valence-corrected chi connectivity index (χ3v) is 2.89. The van der Waals surface area contributed by atoms with E-state index < -0.39 is 0 Å². The van der Waals surface area contributed by atoms with Crippen LogP contribution in [0.25, 0.3) is 11.1 Å². The molecule has 0 saturated heterocycles. The van der Waals surface area contributed by atoms with E-state index in [4.69, 9.17) is 10.00 Å². The van der Waals surface area contributed by atoms with Crippen molar-refractivity contribution in [2.75, 3.05) is 7.11 Å². The highest BCUT2D eigenvalue weighted by Crippen LogP contribution is 2.30. The van der Waals surface area contributed by atoms with Crippen molar-refractivity contribution in [2.45, 2.75) is 6.42 Å². The van der Waals surface area contributed by atoms with Crippen molar-refractivity contribution in [1.29, 1.82) is 5.26 Å². The van der Waals surface area contributed by atoms with Crippen molar-refractivity contribution in [2.24, 2.45) is 0 Å². The summed E-state index contributed by atoms with van der Waals surface area (Å²) in [6.07, 6.45) is 0.444. The predicted octanol–water partition coefficient (Wildman–Crippen LogP) is 2.88. The van der Waals surface area contributed by atoms with Crippen LogP contribution in [0.3, 0.4) is 0 Å². The summed E-state index contributed by atoms with van der Waals surface area (Å²) in [5.41, 5.74) is 3.08. The van der Waals surface area contributed by atoms with Gasteiger partial charge in [0.2, 0.25) is 5.88 Å². The lowest BCUT2D eigenvalue weighted by Gasteiger charge is -2.02. The standard InChI is InChI=1S/C12H10N2OS/c1-15-12-11(8-16-14-12)10-4-2-9(3-5-10)6-7-13/h2-5,8H,6H2,1H3. The highest BCUT2D eigenvalue weighted by molar-refractivity contribution is 7.04. The Bertz CT molecular complexity index is 511. The van der Waals surface area contributed by atoms with Crippen LogP contribution in [0.1, 0.15) is 5.56 Å². The molecule has 0 unspecified atom stereocenters. The summed E-state index contributed by atoms with van der Waals surface area (Å²) in [7, 11) is 1.61. The van der Waals surface area contributed by atoms with E-state index in [-0.39, 0.29) is 0 Å². The number of hydrogen-bond acceptors (Lipinski definition) is 4. The summed E-state index contributed by atoms with van der Waals surface area (Å²) in [5, 5.41) is 10.5. The molecule has 0 N–H and O–H groups in total. The summed E-state index contributed by atoms with van der Waals surface area (Å²) in [5.74, 6) is 0.651. The van der Waals surface area contributed by atoms with Crippen molar-refractivity contribution in [3.8, 4) is 23.1 Å². The average Bonchev–Trinajstić information content (AvgIpc) is 2.78. The van der Waals surface area contributed by atoms with Gasteiger partial charge < -0.3 is 4.74 Å². The number of rotatable bonds is 3. The van der Waals surface area contributed by atoms with Crippen molar-refractivity contribution in [3.63, 3.8) is 0 Å². The van der Waals surface area contributed by atoms with Gasteiger partial charge in [-0.15, -0.1) is 0 Å². The number of methoxy groups -OCH3 is 1. The van der Waals surface area contributed by atoms with E-state index in [2.05, 4.69) is 10.4 Å². The van der Waals surface area contributed by atoms with Gasteiger partial charge in [-0.1, -0.05) is 24.3 Å². The van der Waals surface area contributed by atoms with Gasteiger partial charge in [0.05, 0.1) is 25.2 Å². The van der Waals surface area contributed by atoms with Gasteiger partial charge in [-0.25, -0.2) is 0 Å². The zero-order valence-electron chi connectivity index (χ0n) is 8.80. The molecule has 0 amide bonds. The number of nitriles is 1. The summed E-state index contributed by atoms with van der Waals surface area (Å²) >= 11 is 1.37. The maximum atomic E-state index is 8.58. The van der Waals surface area contributed by atoms with E-state index in [1.165, 1.54) is 11.5 Å². The molecule has 2 aromatic rings. The Kier molecular flexibility index (Phi) is 3.18. The highest BCUT2D eigenvalue weighted by Gasteiger charge is 2.07. The molecule has 0 aliphatic carbocycles. The Hall–Kier alpha value is -1.86. The fourth-order valence-electron chi connectivity index (χ4n) is 1.46. The minimum atomic E-state index is 0.444. The molecule has 1 heterocycles. The molecule has 0 fully saturated rings. The van der Waals surface area contributed by atoms with Crippen LogP contribution in [-0.2, 0) is 6.42 Å². The largest absolute Gasteiger partial charge is 0.480 e. The van der Waals surface area contributed by atoms with Gasteiger partial charge in [0.25, 0.3) is 0 Å². The summed E-state index contributed by atoms with van der Waals surface area (Å²) in [6.45, 7) is 0. The summed E-state index contributed by atoms with van der Waals surface area (Å²) < 4.78 is 9.30. The lowest BCUT2D eigenvalue weighted by molar-refractivity contribution is 0.404. The van der Waals surface area contributed by atoms with Gasteiger partial charge in [-0.3, -0.25) is 0 Å². The zero-order chi connectivity index (χ0) is 11.4. The SMILES string of the molecule is COc1nscc1-c1ccc(CC#N)cc1. The zero-order valence-corrected chi connectivity index (χ0v) is 9.62. The molecule has 1 aromatic heterocycles. The molecule has 4 heteroatoms. The fourth-order valence-corrected chi connectivity index (χ4v) is 2.12. The molecule has 1 aromatic carbocycles. The van der Waals surface area contributed by atoms with Crippen LogP contribution in [0.2, 0.25) is 0 Å². The molecule has 0 spiro atoms. The molecule has 0 atom stereocenters. The topological polar surface area (TPSA) is 45.9 Å². The number of hydrogen-bond donors (Lipinski definition) is 0. The summed E-state index contributed by atoms with van der Waals surface area (Å²) in [4.78, 5) is 0. The van der Waals surface area contributed by atoms with E-state index in [9.17, 15) is 0 Å². The molecule has 0 aliphatic heterocycles. The van der Waals surface area contributed by atoms with Gasteiger partial charge >= 0.3 is 0 Å². The van der Waals surface area contributed by atoms with Crippen LogP contribution in [0.4, 0.5) is 0 Å². The molecule has 2 rings (SSSR count). The van der Waals surface area contributed by atoms with Gasteiger partial charge in [-0.2, -0.15) is 9.64 Å². The van der Waals surface area contributed by atoms with Crippen molar-refractivity contribution in [1.82, 2.24) is 4.37 Å².